The number of H-pyrrole nitrogens is 1. The molecule has 2 aliphatic rings. The number of carbonyl (C=O) groups excluding carboxylic acids is 1. The summed E-state index contributed by atoms with van der Waals surface area (Å²) in [6, 6.07) is 4.32. The lowest BCUT2D eigenvalue weighted by molar-refractivity contribution is 0.0564. The summed E-state index contributed by atoms with van der Waals surface area (Å²) in [5.41, 5.74) is 2.02. The zero-order valence-electron chi connectivity index (χ0n) is 19.4. The second kappa shape index (κ2) is 9.72. The molecule has 2 N–H and O–H groups in total. The molecule has 0 radical (unpaired) electrons. The Morgan fingerprint density at radius 3 is 2.79 bits per heavy atom. The van der Waals surface area contributed by atoms with Crippen LogP contribution in [0.25, 0.3) is 5.57 Å². The Bertz CT molecular complexity index is 1550. The highest BCUT2D eigenvalue weighted by Crippen LogP contribution is 2.46. The standard InChI is InChI=1S/C24H18ClF3N8OS/c25-15-9-12(26)1-2-14(15)19-18(16-3-7-36(34-16)24(27)28)17-10-13(32-22(37)20-29-4-5-30-20)11-35(17)21(33-19)23-31-6-8-38-23/h1-9,13,19,24H,10-11H2,(H,29,30)(H,32,37)/t13-,19-/m0/s1. The third-order valence-corrected chi connectivity index (χ3v) is 7.37. The number of alkyl halides is 2. The minimum Gasteiger partial charge on any atom is -0.344 e. The summed E-state index contributed by atoms with van der Waals surface area (Å²) >= 11 is 7.85. The predicted octanol–water partition coefficient (Wildman–Crippen LogP) is 4.67. The number of fused-ring (bicyclic) bond motifs is 1. The van der Waals surface area contributed by atoms with Crippen molar-refractivity contribution in [2.45, 2.75) is 25.1 Å². The highest BCUT2D eigenvalue weighted by Gasteiger charge is 2.41. The molecule has 0 spiro atoms. The second-order valence-electron chi connectivity index (χ2n) is 8.60. The van der Waals surface area contributed by atoms with E-state index in [0.717, 1.165) is 5.70 Å². The van der Waals surface area contributed by atoms with Gasteiger partial charge in [-0.3, -0.25) is 9.79 Å². The maximum absolute atomic E-state index is 13.9. The van der Waals surface area contributed by atoms with Crippen LogP contribution in [0.5, 0.6) is 0 Å². The van der Waals surface area contributed by atoms with Crippen LogP contribution in [0.1, 0.15) is 45.9 Å². The number of imidazole rings is 1. The van der Waals surface area contributed by atoms with Gasteiger partial charge in [0.1, 0.15) is 11.9 Å². The van der Waals surface area contributed by atoms with Crippen LogP contribution >= 0.6 is 22.9 Å². The van der Waals surface area contributed by atoms with Crippen LogP contribution in [-0.2, 0) is 0 Å². The smallest absolute Gasteiger partial charge is 0.333 e. The molecule has 0 unspecified atom stereocenters. The molecule has 1 saturated heterocycles. The molecule has 3 aromatic heterocycles. The zero-order chi connectivity index (χ0) is 26.4. The van der Waals surface area contributed by atoms with Crippen molar-refractivity contribution in [3.8, 4) is 0 Å². The van der Waals surface area contributed by atoms with Crippen LogP contribution in [-0.4, -0.2) is 54.0 Å². The first kappa shape index (κ1) is 24.4. The first-order valence-electron chi connectivity index (χ1n) is 11.5. The Kier molecular flexibility index (Phi) is 6.24. The van der Waals surface area contributed by atoms with Gasteiger partial charge in [0.15, 0.2) is 16.7 Å². The monoisotopic (exact) mass is 558 g/mol. The van der Waals surface area contributed by atoms with Crippen LogP contribution < -0.4 is 5.32 Å². The van der Waals surface area contributed by atoms with E-state index < -0.39 is 18.4 Å². The van der Waals surface area contributed by atoms with Crippen LogP contribution in [0.15, 0.2) is 65.1 Å². The second-order valence-corrected chi connectivity index (χ2v) is 9.90. The summed E-state index contributed by atoms with van der Waals surface area (Å²) in [7, 11) is 0. The lowest BCUT2D eigenvalue weighted by Gasteiger charge is -2.32. The first-order chi connectivity index (χ1) is 18.4. The number of hydrogen-bond donors (Lipinski definition) is 2. The van der Waals surface area contributed by atoms with Crippen molar-refractivity contribution in [1.82, 2.24) is 34.9 Å². The summed E-state index contributed by atoms with van der Waals surface area (Å²) in [5, 5.41) is 9.66. The van der Waals surface area contributed by atoms with Gasteiger partial charge in [-0.1, -0.05) is 17.7 Å². The molecule has 1 aromatic carbocycles. The lowest BCUT2D eigenvalue weighted by atomic mass is 9.92. The van der Waals surface area contributed by atoms with E-state index in [2.05, 4.69) is 25.4 Å². The van der Waals surface area contributed by atoms with Gasteiger partial charge in [0.2, 0.25) is 0 Å². The van der Waals surface area contributed by atoms with Crippen LogP contribution in [0, 0.1) is 5.82 Å². The zero-order valence-corrected chi connectivity index (χ0v) is 20.9. The number of nitrogens with one attached hydrogen (secondary N) is 2. The quantitative estimate of drug-likeness (QED) is 0.358. The van der Waals surface area contributed by atoms with Crippen molar-refractivity contribution in [3.63, 3.8) is 0 Å². The Morgan fingerprint density at radius 1 is 1.24 bits per heavy atom. The highest BCUT2D eigenvalue weighted by molar-refractivity contribution is 7.11. The molecule has 194 valence electrons. The normalized spacial score (nSPS) is 19.2. The third-order valence-electron chi connectivity index (χ3n) is 6.27. The van der Waals surface area contributed by atoms with E-state index in [9.17, 15) is 18.0 Å². The maximum atomic E-state index is 13.9. The number of aromatic nitrogens is 5. The van der Waals surface area contributed by atoms with Gasteiger partial charge >= 0.3 is 6.55 Å². The van der Waals surface area contributed by atoms with Crippen molar-refractivity contribution in [1.29, 1.82) is 0 Å². The fourth-order valence-electron chi connectivity index (χ4n) is 4.69. The highest BCUT2D eigenvalue weighted by atomic mass is 35.5. The predicted molar refractivity (Wildman–Crippen MR) is 134 cm³/mol. The molecule has 0 bridgehead atoms. The number of halogens is 4. The van der Waals surface area contributed by atoms with Crippen molar-refractivity contribution in [3.05, 3.63) is 93.1 Å². The molecule has 14 heteroatoms. The van der Waals surface area contributed by atoms with E-state index in [-0.39, 0.29) is 28.5 Å². The summed E-state index contributed by atoms with van der Waals surface area (Å²) < 4.78 is 41.4. The summed E-state index contributed by atoms with van der Waals surface area (Å²) in [6.07, 6.45) is 6.22. The number of nitrogens with zero attached hydrogens (tertiary/aromatic N) is 6. The number of aliphatic imine (C=N–C) groups is 1. The molecule has 0 aliphatic carbocycles. The molecule has 4 aromatic rings. The summed E-state index contributed by atoms with van der Waals surface area (Å²) in [4.78, 5) is 30.8. The molecule has 9 nitrogen and oxygen atoms in total. The molecule has 5 heterocycles. The SMILES string of the molecule is O=C(N[C@H]1CC2=C(c3ccn(C(F)F)n3)[C@H](c3ccc(F)cc3Cl)N=C(c3nccs3)N2C1)c1ncc[nH]1. The number of rotatable bonds is 6. The minimum absolute atomic E-state index is 0.137. The van der Waals surface area contributed by atoms with Gasteiger partial charge in [0.25, 0.3) is 5.91 Å². The number of amidine groups is 1. The number of hydrogen-bond acceptors (Lipinski definition) is 7. The van der Waals surface area contributed by atoms with Gasteiger partial charge in [-0.2, -0.15) is 13.9 Å². The average molecular weight is 559 g/mol. The number of amides is 1. The average Bonchev–Trinajstić information content (AvgIpc) is 3.70. The lowest BCUT2D eigenvalue weighted by Crippen LogP contribution is -2.39. The molecule has 2 atom stereocenters. The van der Waals surface area contributed by atoms with Gasteiger partial charge in [-0.05, 0) is 18.2 Å². The van der Waals surface area contributed by atoms with Crippen LogP contribution in [0.4, 0.5) is 13.2 Å². The van der Waals surface area contributed by atoms with Crippen molar-refractivity contribution in [2.24, 2.45) is 4.99 Å². The van der Waals surface area contributed by atoms with Crippen LogP contribution in [0.3, 0.4) is 0 Å². The van der Waals surface area contributed by atoms with Crippen molar-refractivity contribution < 1.29 is 18.0 Å². The Hall–Kier alpha value is -3.97. The number of benzene rings is 1. The van der Waals surface area contributed by atoms with Crippen molar-refractivity contribution in [2.75, 3.05) is 6.54 Å². The Balaban J connectivity index is 1.49. The molecule has 38 heavy (non-hydrogen) atoms. The number of aromatic amines is 1. The van der Waals surface area contributed by atoms with Gasteiger partial charge in [0.05, 0.1) is 11.7 Å². The largest absolute Gasteiger partial charge is 0.344 e. The van der Waals surface area contributed by atoms with Gasteiger partial charge in [-0.15, -0.1) is 11.3 Å². The summed E-state index contributed by atoms with van der Waals surface area (Å²) in [5.74, 6) is -0.190. The fraction of sp³-hybridized carbons (Fsp3) is 0.208. The van der Waals surface area contributed by atoms with E-state index in [4.69, 9.17) is 16.6 Å². The van der Waals surface area contributed by atoms with E-state index in [0.29, 0.717) is 39.6 Å². The van der Waals surface area contributed by atoms with Gasteiger partial charge in [0, 0.05) is 65.0 Å². The Labute approximate surface area is 222 Å². The molecule has 0 saturated carbocycles. The van der Waals surface area contributed by atoms with Crippen LogP contribution in [0.2, 0.25) is 5.02 Å². The van der Waals surface area contributed by atoms with Gasteiger partial charge in [-0.25, -0.2) is 19.0 Å². The molecular formula is C24H18ClF3N8OS. The fourth-order valence-corrected chi connectivity index (χ4v) is 5.60. The molecule has 6 rings (SSSR count). The van der Waals surface area contributed by atoms with E-state index in [1.165, 1.54) is 48.0 Å². The third kappa shape index (κ3) is 4.37. The maximum Gasteiger partial charge on any atom is 0.333 e. The summed E-state index contributed by atoms with van der Waals surface area (Å²) in [6.45, 7) is -2.48. The van der Waals surface area contributed by atoms with E-state index in [1.807, 2.05) is 10.3 Å². The molecule has 1 fully saturated rings. The van der Waals surface area contributed by atoms with Gasteiger partial charge < -0.3 is 15.2 Å². The molecular weight excluding hydrogens is 541 g/mol. The minimum atomic E-state index is -2.83. The molecule has 2 aliphatic heterocycles. The van der Waals surface area contributed by atoms with E-state index in [1.54, 1.807) is 12.4 Å². The number of carbonyl (C=O) groups is 1. The number of thiazole rings is 1. The molecule has 1 amide bonds. The Morgan fingerprint density at radius 2 is 2.11 bits per heavy atom. The first-order valence-corrected chi connectivity index (χ1v) is 12.7. The topological polar surface area (TPSA) is 104 Å². The van der Waals surface area contributed by atoms with Crippen molar-refractivity contribution >= 4 is 40.3 Å². The van der Waals surface area contributed by atoms with E-state index >= 15 is 0 Å².